The van der Waals surface area contributed by atoms with Crippen molar-refractivity contribution < 1.29 is 9.47 Å². The van der Waals surface area contributed by atoms with Gasteiger partial charge in [0.05, 0.1) is 13.7 Å². The molecule has 0 spiro atoms. The fraction of sp³-hybridized carbons (Fsp3) is 0.333. The smallest absolute Gasteiger partial charge is 0.119 e. The molecule has 2 N–H and O–H groups in total. The van der Waals surface area contributed by atoms with Crippen LogP contribution in [0.1, 0.15) is 30.5 Å². The molecule has 1 atom stereocenters. The Morgan fingerprint density at radius 3 is 2.14 bits per heavy atom. The van der Waals surface area contributed by atoms with Crippen molar-refractivity contribution in [3.8, 4) is 11.5 Å². The first-order valence-electron chi connectivity index (χ1n) is 7.34. The predicted molar refractivity (Wildman–Crippen MR) is 85.9 cm³/mol. The summed E-state index contributed by atoms with van der Waals surface area (Å²) in [4.78, 5) is 0. The highest BCUT2D eigenvalue weighted by Gasteiger charge is 2.07. The minimum atomic E-state index is 0.0442. The lowest BCUT2D eigenvalue weighted by Crippen LogP contribution is -2.11. The van der Waals surface area contributed by atoms with Crippen LogP contribution in [0, 0.1) is 0 Å². The van der Waals surface area contributed by atoms with Crippen molar-refractivity contribution in [2.45, 2.75) is 25.8 Å². The Morgan fingerprint density at radius 2 is 1.57 bits per heavy atom. The second-order valence-corrected chi connectivity index (χ2v) is 5.00. The number of rotatable bonds is 7. The first kappa shape index (κ1) is 15.4. The molecule has 0 aliphatic heterocycles. The Kier molecular flexibility index (Phi) is 5.64. The molecule has 3 heteroatoms. The van der Waals surface area contributed by atoms with Gasteiger partial charge in [-0.1, -0.05) is 24.3 Å². The van der Waals surface area contributed by atoms with Gasteiger partial charge in [-0.2, -0.15) is 0 Å². The van der Waals surface area contributed by atoms with E-state index in [1.54, 1.807) is 7.11 Å². The highest BCUT2D eigenvalue weighted by molar-refractivity contribution is 5.30. The molecule has 0 bridgehead atoms. The van der Waals surface area contributed by atoms with Gasteiger partial charge in [-0.3, -0.25) is 0 Å². The van der Waals surface area contributed by atoms with Crippen LogP contribution in [0.25, 0.3) is 0 Å². The quantitative estimate of drug-likeness (QED) is 0.843. The molecule has 21 heavy (non-hydrogen) atoms. The average Bonchev–Trinajstić information content (AvgIpc) is 2.54. The van der Waals surface area contributed by atoms with Gasteiger partial charge >= 0.3 is 0 Å². The number of nitrogens with two attached hydrogens (primary N) is 1. The minimum Gasteiger partial charge on any atom is -0.497 e. The van der Waals surface area contributed by atoms with Crippen LogP contribution in [0.15, 0.2) is 48.5 Å². The molecule has 0 saturated heterocycles. The summed E-state index contributed by atoms with van der Waals surface area (Å²) < 4.78 is 10.6. The molecule has 0 heterocycles. The van der Waals surface area contributed by atoms with Crippen molar-refractivity contribution >= 4 is 0 Å². The van der Waals surface area contributed by atoms with Crippen LogP contribution in [0.5, 0.6) is 11.5 Å². The van der Waals surface area contributed by atoms with Crippen LogP contribution >= 0.6 is 0 Å². The Balaban J connectivity index is 1.89. The first-order valence-corrected chi connectivity index (χ1v) is 7.34. The Hall–Kier alpha value is -2.00. The van der Waals surface area contributed by atoms with E-state index in [9.17, 15) is 0 Å². The fourth-order valence-corrected chi connectivity index (χ4v) is 2.26. The second-order valence-electron chi connectivity index (χ2n) is 5.00. The van der Waals surface area contributed by atoms with Crippen LogP contribution in [-0.4, -0.2) is 13.7 Å². The van der Waals surface area contributed by atoms with Crippen molar-refractivity contribution in [3.05, 3.63) is 59.7 Å². The molecule has 1 unspecified atom stereocenters. The molecule has 3 nitrogen and oxygen atoms in total. The van der Waals surface area contributed by atoms with Crippen molar-refractivity contribution in [1.82, 2.24) is 0 Å². The van der Waals surface area contributed by atoms with Crippen LogP contribution in [0.2, 0.25) is 0 Å². The largest absolute Gasteiger partial charge is 0.497 e. The number of benzene rings is 2. The Labute approximate surface area is 126 Å². The summed E-state index contributed by atoms with van der Waals surface area (Å²) in [7, 11) is 1.68. The summed E-state index contributed by atoms with van der Waals surface area (Å²) in [5.41, 5.74) is 8.68. The lowest BCUT2D eigenvalue weighted by atomic mass is 9.99. The zero-order valence-corrected chi connectivity index (χ0v) is 12.7. The van der Waals surface area contributed by atoms with Crippen LogP contribution in [-0.2, 0) is 6.42 Å². The minimum absolute atomic E-state index is 0.0442. The Bertz CT molecular complexity index is 534. The molecule has 2 aromatic rings. The highest BCUT2D eigenvalue weighted by atomic mass is 16.5. The summed E-state index contributed by atoms with van der Waals surface area (Å²) >= 11 is 0. The van der Waals surface area contributed by atoms with Crippen molar-refractivity contribution in [2.24, 2.45) is 5.73 Å². The van der Waals surface area contributed by atoms with E-state index in [1.807, 2.05) is 43.3 Å². The molecule has 0 radical (unpaired) electrons. The van der Waals surface area contributed by atoms with Crippen LogP contribution < -0.4 is 15.2 Å². The third kappa shape index (κ3) is 4.50. The predicted octanol–water partition coefficient (Wildman–Crippen LogP) is 3.73. The maximum atomic E-state index is 6.26. The molecule has 0 aliphatic rings. The van der Waals surface area contributed by atoms with Gasteiger partial charge in [-0.25, -0.2) is 0 Å². The lowest BCUT2D eigenvalue weighted by molar-refractivity contribution is 0.340. The topological polar surface area (TPSA) is 44.5 Å². The standard InChI is InChI=1S/C18H23NO2/c1-3-21-17-11-7-15(8-12-17)18(19)13-6-14-4-9-16(20-2)10-5-14/h4-5,7-12,18H,3,6,13,19H2,1-2H3. The molecule has 2 rings (SSSR count). The SMILES string of the molecule is CCOc1ccc(C(N)CCc2ccc(OC)cc2)cc1. The van der Waals surface area contributed by atoms with Gasteiger partial charge in [0, 0.05) is 6.04 Å². The van der Waals surface area contributed by atoms with Gasteiger partial charge in [0.1, 0.15) is 11.5 Å². The number of hydrogen-bond donors (Lipinski definition) is 1. The van der Waals surface area contributed by atoms with E-state index in [1.165, 1.54) is 5.56 Å². The van der Waals surface area contributed by atoms with Crippen molar-refractivity contribution in [3.63, 3.8) is 0 Å². The second kappa shape index (κ2) is 7.70. The molecule has 2 aromatic carbocycles. The van der Waals surface area contributed by atoms with Crippen molar-refractivity contribution in [1.29, 1.82) is 0 Å². The zero-order chi connectivity index (χ0) is 15.1. The van der Waals surface area contributed by atoms with E-state index >= 15 is 0 Å². The maximum Gasteiger partial charge on any atom is 0.119 e. The van der Waals surface area contributed by atoms with Gasteiger partial charge in [-0.05, 0) is 55.2 Å². The van der Waals surface area contributed by atoms with E-state index in [0.717, 1.165) is 29.9 Å². The van der Waals surface area contributed by atoms with Crippen molar-refractivity contribution in [2.75, 3.05) is 13.7 Å². The van der Waals surface area contributed by atoms with Gasteiger partial charge in [0.2, 0.25) is 0 Å². The number of methoxy groups -OCH3 is 1. The third-order valence-corrected chi connectivity index (χ3v) is 3.52. The van der Waals surface area contributed by atoms with E-state index in [-0.39, 0.29) is 6.04 Å². The van der Waals surface area contributed by atoms with E-state index in [0.29, 0.717) is 6.61 Å². The normalized spacial score (nSPS) is 12.0. The molecule has 0 fully saturated rings. The lowest BCUT2D eigenvalue weighted by Gasteiger charge is -2.13. The van der Waals surface area contributed by atoms with Gasteiger partial charge in [-0.15, -0.1) is 0 Å². The monoisotopic (exact) mass is 285 g/mol. The molecule has 0 amide bonds. The first-order chi connectivity index (χ1) is 10.2. The van der Waals surface area contributed by atoms with E-state index in [4.69, 9.17) is 15.2 Å². The van der Waals surface area contributed by atoms with Crippen LogP contribution in [0.3, 0.4) is 0 Å². The third-order valence-electron chi connectivity index (χ3n) is 3.52. The molecule has 0 saturated carbocycles. The fourth-order valence-electron chi connectivity index (χ4n) is 2.26. The molecule has 0 aromatic heterocycles. The molecule has 112 valence electrons. The van der Waals surface area contributed by atoms with Gasteiger partial charge < -0.3 is 15.2 Å². The molecular formula is C18H23NO2. The van der Waals surface area contributed by atoms with Gasteiger partial charge in [0.25, 0.3) is 0 Å². The maximum absolute atomic E-state index is 6.26. The van der Waals surface area contributed by atoms with Crippen LogP contribution in [0.4, 0.5) is 0 Å². The average molecular weight is 285 g/mol. The number of aryl methyl sites for hydroxylation is 1. The summed E-state index contributed by atoms with van der Waals surface area (Å²) in [6.45, 7) is 2.66. The highest BCUT2D eigenvalue weighted by Crippen LogP contribution is 2.21. The number of hydrogen-bond acceptors (Lipinski definition) is 3. The summed E-state index contributed by atoms with van der Waals surface area (Å²) in [5.74, 6) is 1.78. The number of ether oxygens (including phenoxy) is 2. The summed E-state index contributed by atoms with van der Waals surface area (Å²) in [5, 5.41) is 0. The zero-order valence-electron chi connectivity index (χ0n) is 12.7. The van der Waals surface area contributed by atoms with Gasteiger partial charge in [0.15, 0.2) is 0 Å². The molecular weight excluding hydrogens is 262 g/mol. The van der Waals surface area contributed by atoms with E-state index in [2.05, 4.69) is 12.1 Å². The summed E-state index contributed by atoms with van der Waals surface area (Å²) in [6, 6.07) is 16.2. The Morgan fingerprint density at radius 1 is 0.952 bits per heavy atom. The van der Waals surface area contributed by atoms with E-state index < -0.39 is 0 Å². The summed E-state index contributed by atoms with van der Waals surface area (Å²) in [6.07, 6.45) is 1.87. The molecule has 0 aliphatic carbocycles.